The van der Waals surface area contributed by atoms with Gasteiger partial charge in [0.15, 0.2) is 0 Å². The number of hydrogen-bond acceptors (Lipinski definition) is 4. The van der Waals surface area contributed by atoms with Crippen LogP contribution in [0.3, 0.4) is 0 Å². The first kappa shape index (κ1) is 16.9. The summed E-state index contributed by atoms with van der Waals surface area (Å²) in [7, 11) is 1.95. The number of likely N-dealkylation sites (tertiary alicyclic amines) is 1. The molecule has 6 heteroatoms. The van der Waals surface area contributed by atoms with Crippen LogP contribution in [0.5, 0.6) is 0 Å². The van der Waals surface area contributed by atoms with E-state index in [1.807, 2.05) is 20.9 Å². The van der Waals surface area contributed by atoms with Crippen molar-refractivity contribution in [3.63, 3.8) is 0 Å². The summed E-state index contributed by atoms with van der Waals surface area (Å²) in [5, 5.41) is 22.0. The van der Waals surface area contributed by atoms with Gasteiger partial charge in [0.1, 0.15) is 5.60 Å². The standard InChI is InChI=1S/C14H26N2O4/c1-10(2)8-11(9-12(17)18)15-13(19)14(20)4-6-16(3)7-5-14/h10-11,20H,4-9H2,1-3H3,(H,15,19)(H,17,18)/t11-/m1/s1. The summed E-state index contributed by atoms with van der Waals surface area (Å²) in [5.41, 5.74) is -1.36. The normalized spacial score (nSPS) is 20.6. The lowest BCUT2D eigenvalue weighted by Crippen LogP contribution is -2.55. The van der Waals surface area contributed by atoms with E-state index in [1.54, 1.807) is 0 Å². The highest BCUT2D eigenvalue weighted by Gasteiger charge is 2.39. The molecule has 1 aliphatic rings. The number of carboxylic acid groups (broad SMARTS) is 1. The largest absolute Gasteiger partial charge is 0.481 e. The zero-order chi connectivity index (χ0) is 15.3. The number of rotatable bonds is 6. The summed E-state index contributed by atoms with van der Waals surface area (Å²) in [6, 6.07) is -0.427. The summed E-state index contributed by atoms with van der Waals surface area (Å²) in [5.74, 6) is -1.09. The Hall–Kier alpha value is -1.14. The molecular weight excluding hydrogens is 260 g/mol. The Kier molecular flexibility index (Phi) is 5.95. The van der Waals surface area contributed by atoms with Crippen LogP contribution in [0.2, 0.25) is 0 Å². The molecule has 1 amide bonds. The second-order valence-electron chi connectivity index (χ2n) is 6.23. The van der Waals surface area contributed by atoms with Gasteiger partial charge in [-0.3, -0.25) is 9.59 Å². The summed E-state index contributed by atoms with van der Waals surface area (Å²) in [4.78, 5) is 25.1. The van der Waals surface area contributed by atoms with Gasteiger partial charge in [0.2, 0.25) is 0 Å². The summed E-state index contributed by atoms with van der Waals surface area (Å²) in [6.07, 6.45) is 1.25. The van der Waals surface area contributed by atoms with E-state index in [1.165, 1.54) is 0 Å². The Labute approximate surface area is 120 Å². The molecule has 3 N–H and O–H groups in total. The number of carbonyl (C=O) groups excluding carboxylic acids is 1. The van der Waals surface area contributed by atoms with Crippen molar-refractivity contribution in [1.29, 1.82) is 0 Å². The van der Waals surface area contributed by atoms with Gasteiger partial charge in [-0.1, -0.05) is 13.8 Å². The molecule has 6 nitrogen and oxygen atoms in total. The Morgan fingerprint density at radius 1 is 1.30 bits per heavy atom. The SMILES string of the molecule is CC(C)C[C@H](CC(=O)O)NC(=O)C1(O)CCN(C)CC1. The highest BCUT2D eigenvalue weighted by atomic mass is 16.4. The molecule has 0 spiro atoms. The van der Waals surface area contributed by atoms with Crippen molar-refractivity contribution in [1.82, 2.24) is 10.2 Å². The van der Waals surface area contributed by atoms with Gasteiger partial charge in [-0.25, -0.2) is 0 Å². The fourth-order valence-corrected chi connectivity index (χ4v) is 2.51. The van der Waals surface area contributed by atoms with E-state index >= 15 is 0 Å². The first-order valence-corrected chi connectivity index (χ1v) is 7.16. The highest BCUT2D eigenvalue weighted by Crippen LogP contribution is 2.22. The van der Waals surface area contributed by atoms with Gasteiger partial charge < -0.3 is 20.4 Å². The summed E-state index contributed by atoms with van der Waals surface area (Å²) in [6.45, 7) is 5.28. The lowest BCUT2D eigenvalue weighted by molar-refractivity contribution is -0.146. The molecule has 20 heavy (non-hydrogen) atoms. The lowest BCUT2D eigenvalue weighted by Gasteiger charge is -2.36. The number of aliphatic carboxylic acids is 1. The quantitative estimate of drug-likeness (QED) is 0.659. The number of hydrogen-bond donors (Lipinski definition) is 3. The minimum absolute atomic E-state index is 0.111. The van der Waals surface area contributed by atoms with Crippen molar-refractivity contribution in [2.24, 2.45) is 5.92 Å². The molecule has 116 valence electrons. The maximum Gasteiger partial charge on any atom is 0.305 e. The maximum absolute atomic E-state index is 12.2. The molecule has 0 unspecified atom stereocenters. The second kappa shape index (κ2) is 7.04. The van der Waals surface area contributed by atoms with E-state index in [0.29, 0.717) is 32.4 Å². The van der Waals surface area contributed by atoms with E-state index in [4.69, 9.17) is 5.11 Å². The van der Waals surface area contributed by atoms with Gasteiger partial charge in [0.25, 0.3) is 5.91 Å². The fraction of sp³-hybridized carbons (Fsp3) is 0.857. The van der Waals surface area contributed by atoms with Gasteiger partial charge in [0.05, 0.1) is 6.42 Å². The molecule has 0 radical (unpaired) electrons. The Balaban J connectivity index is 2.62. The van der Waals surface area contributed by atoms with Crippen LogP contribution in [0, 0.1) is 5.92 Å². The third kappa shape index (κ3) is 5.09. The van der Waals surface area contributed by atoms with E-state index in [9.17, 15) is 14.7 Å². The molecule has 0 aromatic heterocycles. The van der Waals surface area contributed by atoms with Crippen LogP contribution < -0.4 is 5.32 Å². The van der Waals surface area contributed by atoms with Crippen molar-refractivity contribution in [3.8, 4) is 0 Å². The van der Waals surface area contributed by atoms with Crippen molar-refractivity contribution in [3.05, 3.63) is 0 Å². The molecule has 0 bridgehead atoms. The van der Waals surface area contributed by atoms with Gasteiger partial charge in [-0.15, -0.1) is 0 Å². The number of piperidine rings is 1. The van der Waals surface area contributed by atoms with Crippen LogP contribution in [0.1, 0.15) is 39.5 Å². The van der Waals surface area contributed by atoms with Gasteiger partial charge in [-0.05, 0) is 32.2 Å². The zero-order valence-electron chi connectivity index (χ0n) is 12.6. The minimum atomic E-state index is -1.36. The van der Waals surface area contributed by atoms with Crippen LogP contribution in [0.25, 0.3) is 0 Å². The predicted octanol–water partition coefficient (Wildman–Crippen LogP) is 0.449. The molecule has 1 aliphatic heterocycles. The zero-order valence-corrected chi connectivity index (χ0v) is 12.6. The van der Waals surface area contributed by atoms with Crippen LogP contribution in [-0.2, 0) is 9.59 Å². The highest BCUT2D eigenvalue weighted by molar-refractivity contribution is 5.85. The van der Waals surface area contributed by atoms with Gasteiger partial charge in [-0.2, -0.15) is 0 Å². The molecule has 0 saturated carbocycles. The van der Waals surface area contributed by atoms with Crippen molar-refractivity contribution >= 4 is 11.9 Å². The topological polar surface area (TPSA) is 89.9 Å². The van der Waals surface area contributed by atoms with E-state index in [-0.39, 0.29) is 12.3 Å². The molecular formula is C14H26N2O4. The molecule has 0 aromatic rings. The van der Waals surface area contributed by atoms with Crippen LogP contribution in [-0.4, -0.2) is 58.8 Å². The Bertz CT molecular complexity index is 349. The monoisotopic (exact) mass is 286 g/mol. The number of nitrogens with zero attached hydrogens (tertiary/aromatic N) is 1. The Morgan fingerprint density at radius 3 is 2.30 bits per heavy atom. The predicted molar refractivity (Wildman–Crippen MR) is 75.3 cm³/mol. The molecule has 1 atom stereocenters. The average molecular weight is 286 g/mol. The Morgan fingerprint density at radius 2 is 1.85 bits per heavy atom. The van der Waals surface area contributed by atoms with Crippen LogP contribution in [0.4, 0.5) is 0 Å². The van der Waals surface area contributed by atoms with E-state index in [0.717, 1.165) is 0 Å². The second-order valence-corrected chi connectivity index (χ2v) is 6.23. The molecule has 1 heterocycles. The molecule has 0 aromatic carbocycles. The molecule has 1 fully saturated rings. The maximum atomic E-state index is 12.2. The first-order chi connectivity index (χ1) is 9.23. The number of nitrogens with one attached hydrogen (secondary N) is 1. The molecule has 1 saturated heterocycles. The van der Waals surface area contributed by atoms with Crippen molar-refractivity contribution in [2.75, 3.05) is 20.1 Å². The van der Waals surface area contributed by atoms with E-state index < -0.39 is 23.5 Å². The smallest absolute Gasteiger partial charge is 0.305 e. The number of carboxylic acids is 1. The number of aliphatic hydroxyl groups is 1. The number of amides is 1. The first-order valence-electron chi connectivity index (χ1n) is 7.16. The van der Waals surface area contributed by atoms with E-state index in [2.05, 4.69) is 10.2 Å². The van der Waals surface area contributed by atoms with Crippen molar-refractivity contribution in [2.45, 2.75) is 51.2 Å². The minimum Gasteiger partial charge on any atom is -0.481 e. The third-order valence-electron chi connectivity index (χ3n) is 3.75. The van der Waals surface area contributed by atoms with Gasteiger partial charge >= 0.3 is 5.97 Å². The van der Waals surface area contributed by atoms with Crippen LogP contribution in [0.15, 0.2) is 0 Å². The summed E-state index contributed by atoms with van der Waals surface area (Å²) < 4.78 is 0. The molecule has 1 rings (SSSR count). The summed E-state index contributed by atoms with van der Waals surface area (Å²) >= 11 is 0. The van der Waals surface area contributed by atoms with Crippen LogP contribution >= 0.6 is 0 Å². The third-order valence-corrected chi connectivity index (χ3v) is 3.75. The van der Waals surface area contributed by atoms with Crippen molar-refractivity contribution < 1.29 is 19.8 Å². The lowest BCUT2D eigenvalue weighted by atomic mass is 9.89. The van der Waals surface area contributed by atoms with Gasteiger partial charge in [0, 0.05) is 19.1 Å². The molecule has 0 aliphatic carbocycles. The number of carbonyl (C=O) groups is 2. The fourth-order valence-electron chi connectivity index (χ4n) is 2.51. The average Bonchev–Trinajstić information content (AvgIpc) is 2.31.